The van der Waals surface area contributed by atoms with Gasteiger partial charge < -0.3 is 9.47 Å². The SMILES string of the molecule is O=S(=O)(Nc1cc(-c2ncc(F)cc2F)cc(-c2cnn3cc(OCCN4CCOCC4)ccc23)c1)C1CC1. The molecule has 204 valence electrons. The van der Waals surface area contributed by atoms with Gasteiger partial charge in [-0.1, -0.05) is 0 Å². The lowest BCUT2D eigenvalue weighted by Gasteiger charge is -2.26. The van der Waals surface area contributed by atoms with E-state index in [0.717, 1.165) is 50.6 Å². The normalized spacial score (nSPS) is 16.5. The van der Waals surface area contributed by atoms with Gasteiger partial charge in [0.15, 0.2) is 5.82 Å². The number of nitrogens with one attached hydrogen (secondary N) is 1. The number of sulfonamides is 1. The lowest BCUT2D eigenvalue weighted by molar-refractivity contribution is 0.0322. The highest BCUT2D eigenvalue weighted by Crippen LogP contribution is 2.35. The smallest absolute Gasteiger partial charge is 0.235 e. The molecule has 1 aliphatic heterocycles. The number of aromatic nitrogens is 3. The maximum absolute atomic E-state index is 14.7. The van der Waals surface area contributed by atoms with Gasteiger partial charge in [0.25, 0.3) is 0 Å². The number of fused-ring (bicyclic) bond motifs is 1. The monoisotopic (exact) mass is 555 g/mol. The van der Waals surface area contributed by atoms with E-state index in [4.69, 9.17) is 9.47 Å². The molecule has 2 aliphatic rings. The molecule has 4 heterocycles. The molecule has 12 heteroatoms. The molecule has 6 rings (SSSR count). The Bertz CT molecular complexity index is 1620. The third kappa shape index (κ3) is 5.72. The Hall–Kier alpha value is -3.61. The molecule has 2 fully saturated rings. The van der Waals surface area contributed by atoms with Crippen molar-refractivity contribution in [1.82, 2.24) is 19.5 Å². The minimum absolute atomic E-state index is 0.0856. The van der Waals surface area contributed by atoms with Crippen molar-refractivity contribution in [2.45, 2.75) is 18.1 Å². The molecular formula is C27H27F2N5O4S. The molecule has 0 atom stereocenters. The lowest BCUT2D eigenvalue weighted by atomic mass is 10.0. The van der Waals surface area contributed by atoms with Crippen molar-refractivity contribution in [1.29, 1.82) is 0 Å². The minimum atomic E-state index is -3.58. The predicted octanol–water partition coefficient (Wildman–Crippen LogP) is 3.96. The first-order valence-corrected chi connectivity index (χ1v) is 14.3. The topological polar surface area (TPSA) is 98.1 Å². The Morgan fingerprint density at radius 3 is 2.62 bits per heavy atom. The van der Waals surface area contributed by atoms with Crippen LogP contribution in [0.4, 0.5) is 14.5 Å². The van der Waals surface area contributed by atoms with E-state index in [2.05, 4.69) is 19.7 Å². The van der Waals surface area contributed by atoms with Crippen molar-refractivity contribution in [3.05, 3.63) is 66.6 Å². The number of hydrogen-bond acceptors (Lipinski definition) is 7. The highest BCUT2D eigenvalue weighted by Gasteiger charge is 2.36. The molecule has 0 spiro atoms. The van der Waals surface area contributed by atoms with Gasteiger partial charge >= 0.3 is 0 Å². The summed E-state index contributed by atoms with van der Waals surface area (Å²) in [5.74, 6) is -0.982. The van der Waals surface area contributed by atoms with Crippen LogP contribution in [0.1, 0.15) is 12.8 Å². The average Bonchev–Trinajstić information content (AvgIpc) is 3.70. The second kappa shape index (κ2) is 10.5. The van der Waals surface area contributed by atoms with E-state index < -0.39 is 26.9 Å². The van der Waals surface area contributed by atoms with Crippen molar-refractivity contribution in [3.8, 4) is 28.1 Å². The van der Waals surface area contributed by atoms with Gasteiger partial charge in [0, 0.05) is 42.5 Å². The van der Waals surface area contributed by atoms with Gasteiger partial charge in [0.1, 0.15) is 23.9 Å². The predicted molar refractivity (Wildman–Crippen MR) is 142 cm³/mol. The molecule has 4 aromatic rings. The fourth-order valence-electron chi connectivity index (χ4n) is 4.62. The van der Waals surface area contributed by atoms with Crippen LogP contribution in [-0.2, 0) is 14.8 Å². The Kier molecular flexibility index (Phi) is 6.92. The molecule has 1 aromatic carbocycles. The largest absolute Gasteiger partial charge is 0.491 e. The fraction of sp³-hybridized carbons (Fsp3) is 0.333. The third-order valence-corrected chi connectivity index (χ3v) is 8.69. The lowest BCUT2D eigenvalue weighted by Crippen LogP contribution is -2.38. The summed E-state index contributed by atoms with van der Waals surface area (Å²) in [6.07, 6.45) is 5.55. The van der Waals surface area contributed by atoms with Gasteiger partial charge in [0.2, 0.25) is 10.0 Å². The summed E-state index contributed by atoms with van der Waals surface area (Å²) < 4.78 is 69.1. The first-order chi connectivity index (χ1) is 18.9. The number of anilines is 1. The Labute approximate surface area is 224 Å². The van der Waals surface area contributed by atoms with Crippen LogP contribution >= 0.6 is 0 Å². The van der Waals surface area contributed by atoms with E-state index in [-0.39, 0.29) is 11.4 Å². The van der Waals surface area contributed by atoms with Crippen LogP contribution in [0.2, 0.25) is 0 Å². The molecule has 3 aromatic heterocycles. The minimum Gasteiger partial charge on any atom is -0.491 e. The number of ether oxygens (including phenoxy) is 2. The maximum Gasteiger partial charge on any atom is 0.235 e. The quantitative estimate of drug-likeness (QED) is 0.334. The molecule has 1 saturated heterocycles. The van der Waals surface area contributed by atoms with E-state index in [1.807, 2.05) is 12.1 Å². The zero-order valence-electron chi connectivity index (χ0n) is 21.0. The fourth-order valence-corrected chi connectivity index (χ4v) is 5.99. The van der Waals surface area contributed by atoms with Crippen molar-refractivity contribution < 1.29 is 26.7 Å². The van der Waals surface area contributed by atoms with E-state index >= 15 is 0 Å². The molecule has 1 aliphatic carbocycles. The molecule has 0 bridgehead atoms. The van der Waals surface area contributed by atoms with Crippen LogP contribution < -0.4 is 9.46 Å². The summed E-state index contributed by atoms with van der Waals surface area (Å²) in [5, 5.41) is 4.02. The summed E-state index contributed by atoms with van der Waals surface area (Å²) in [6.45, 7) is 4.57. The summed E-state index contributed by atoms with van der Waals surface area (Å²) in [7, 11) is -3.58. The molecule has 0 unspecified atom stereocenters. The number of morpholine rings is 1. The number of pyridine rings is 2. The first-order valence-electron chi connectivity index (χ1n) is 12.7. The summed E-state index contributed by atoms with van der Waals surface area (Å²) in [5.41, 5.74) is 2.53. The van der Waals surface area contributed by atoms with Crippen LogP contribution in [0.15, 0.2) is 55.0 Å². The molecular weight excluding hydrogens is 528 g/mol. The van der Waals surface area contributed by atoms with Gasteiger partial charge in [0.05, 0.1) is 42.6 Å². The van der Waals surface area contributed by atoms with E-state index in [0.29, 0.717) is 41.9 Å². The van der Waals surface area contributed by atoms with Crippen LogP contribution in [0.25, 0.3) is 27.9 Å². The third-order valence-electron chi connectivity index (χ3n) is 6.82. The van der Waals surface area contributed by atoms with E-state index in [1.54, 1.807) is 29.0 Å². The van der Waals surface area contributed by atoms with Crippen molar-refractivity contribution in [2.75, 3.05) is 44.2 Å². The number of nitrogens with zero attached hydrogens (tertiary/aromatic N) is 4. The molecule has 9 nitrogen and oxygen atoms in total. The number of benzene rings is 1. The second-order valence-corrected chi connectivity index (χ2v) is 11.6. The summed E-state index contributed by atoms with van der Waals surface area (Å²) in [6, 6.07) is 9.32. The standard InChI is InChI=1S/C27H27F2N5O4S/c28-20-14-25(29)27(30-15-20)19-11-18(12-21(13-19)32-39(35,36)23-2-3-23)24-16-31-34-17-22(1-4-26(24)34)38-10-7-33-5-8-37-9-6-33/h1,4,11-17,23,32H,2-3,5-10H2. The van der Waals surface area contributed by atoms with Gasteiger partial charge in [-0.25, -0.2) is 21.7 Å². The zero-order valence-corrected chi connectivity index (χ0v) is 21.8. The molecule has 1 saturated carbocycles. The van der Waals surface area contributed by atoms with Crippen molar-refractivity contribution in [3.63, 3.8) is 0 Å². The van der Waals surface area contributed by atoms with Crippen LogP contribution in [0.3, 0.4) is 0 Å². The highest BCUT2D eigenvalue weighted by atomic mass is 32.2. The number of halogens is 2. The molecule has 0 radical (unpaired) electrons. The Morgan fingerprint density at radius 2 is 1.85 bits per heavy atom. The highest BCUT2D eigenvalue weighted by molar-refractivity contribution is 7.93. The van der Waals surface area contributed by atoms with Crippen molar-refractivity contribution in [2.24, 2.45) is 0 Å². The van der Waals surface area contributed by atoms with Crippen LogP contribution in [0, 0.1) is 11.6 Å². The summed E-state index contributed by atoms with van der Waals surface area (Å²) >= 11 is 0. The Morgan fingerprint density at radius 1 is 1.05 bits per heavy atom. The average molecular weight is 556 g/mol. The van der Waals surface area contributed by atoms with Crippen LogP contribution in [-0.4, -0.2) is 72.6 Å². The molecule has 0 amide bonds. The van der Waals surface area contributed by atoms with Crippen molar-refractivity contribution >= 4 is 21.2 Å². The van der Waals surface area contributed by atoms with Gasteiger partial charge in [-0.05, 0) is 48.7 Å². The summed E-state index contributed by atoms with van der Waals surface area (Å²) in [4.78, 5) is 6.20. The van der Waals surface area contributed by atoms with E-state index in [9.17, 15) is 17.2 Å². The second-order valence-electron chi connectivity index (χ2n) is 9.68. The zero-order chi connectivity index (χ0) is 27.0. The van der Waals surface area contributed by atoms with Gasteiger partial charge in [-0.3, -0.25) is 14.6 Å². The Balaban J connectivity index is 1.31. The van der Waals surface area contributed by atoms with Gasteiger partial charge in [-0.2, -0.15) is 5.10 Å². The number of hydrogen-bond donors (Lipinski definition) is 1. The van der Waals surface area contributed by atoms with Crippen LogP contribution in [0.5, 0.6) is 5.75 Å². The van der Waals surface area contributed by atoms with E-state index in [1.165, 1.54) is 6.07 Å². The molecule has 1 N–H and O–H groups in total. The maximum atomic E-state index is 14.7. The first kappa shape index (κ1) is 25.7. The number of rotatable bonds is 9. The van der Waals surface area contributed by atoms with Gasteiger partial charge in [-0.15, -0.1) is 0 Å². The molecule has 39 heavy (non-hydrogen) atoms.